The third kappa shape index (κ3) is 5.00. The van der Waals surface area contributed by atoms with Crippen molar-refractivity contribution in [2.24, 2.45) is 0 Å². The lowest BCUT2D eigenvalue weighted by molar-refractivity contribution is -0.144. The van der Waals surface area contributed by atoms with Gasteiger partial charge in [0.15, 0.2) is 0 Å². The summed E-state index contributed by atoms with van der Waals surface area (Å²) in [5.74, 6) is -1.26. The highest BCUT2D eigenvalue weighted by Crippen LogP contribution is 2.08. The molecule has 0 aromatic carbocycles. The maximum atomic E-state index is 12.0. The average Bonchev–Trinajstić information content (AvgIpc) is 3.03. The zero-order valence-corrected chi connectivity index (χ0v) is 13.9. The maximum absolute atomic E-state index is 12.0. The van der Waals surface area contributed by atoms with Crippen LogP contribution in [0.15, 0.2) is 28.7 Å². The van der Waals surface area contributed by atoms with Crippen molar-refractivity contribution in [1.29, 1.82) is 0 Å². The van der Waals surface area contributed by atoms with Gasteiger partial charge < -0.3 is 15.4 Å². The van der Waals surface area contributed by atoms with Gasteiger partial charge >= 0.3 is 5.97 Å². The Morgan fingerprint density at radius 3 is 2.45 bits per heavy atom. The van der Waals surface area contributed by atoms with Gasteiger partial charge in [0.1, 0.15) is 6.04 Å². The van der Waals surface area contributed by atoms with E-state index in [9.17, 15) is 14.4 Å². The monoisotopic (exact) mass is 324 g/mol. The first-order chi connectivity index (χ1) is 10.4. The van der Waals surface area contributed by atoms with E-state index in [1.807, 2.05) is 0 Å². The number of ether oxygens (including phenoxy) is 1. The molecule has 2 amide bonds. The Morgan fingerprint density at radius 2 is 1.95 bits per heavy atom. The summed E-state index contributed by atoms with van der Waals surface area (Å²) in [4.78, 5) is 36.2. The Bertz CT molecular complexity index is 574. The number of amides is 2. The number of carbonyl (C=O) groups is 3. The molecule has 1 unspecified atom stereocenters. The first-order valence-electron chi connectivity index (χ1n) is 6.71. The Morgan fingerprint density at radius 1 is 1.27 bits per heavy atom. The van der Waals surface area contributed by atoms with Gasteiger partial charge in [0.05, 0.1) is 12.0 Å². The van der Waals surface area contributed by atoms with Crippen molar-refractivity contribution in [2.45, 2.75) is 26.8 Å². The van der Waals surface area contributed by atoms with E-state index in [1.54, 1.807) is 38.3 Å². The van der Waals surface area contributed by atoms with Crippen LogP contribution in [0.4, 0.5) is 0 Å². The molecular weight excluding hydrogens is 304 g/mol. The fraction of sp³-hybridized carbons (Fsp3) is 0.400. The largest absolute Gasteiger partial charge is 0.467 e. The summed E-state index contributed by atoms with van der Waals surface area (Å²) in [7, 11) is 1.23. The maximum Gasteiger partial charge on any atom is 0.330 e. The lowest BCUT2D eigenvalue weighted by Gasteiger charge is -2.17. The first-order valence-corrected chi connectivity index (χ1v) is 7.59. The Kier molecular flexibility index (Phi) is 6.78. The molecule has 0 aliphatic carbocycles. The molecule has 0 bridgehead atoms. The van der Waals surface area contributed by atoms with Crippen LogP contribution in [0.25, 0.3) is 0 Å². The standard InChI is InChI=1S/C15H20N2O4S/c1-9(2)10(3)13(18)17-11(15(20)21-4)8-16-14(19)12-6-5-7-22-12/h5-7,11H,8H2,1-4H3,(H,16,19)(H,17,18). The van der Waals surface area contributed by atoms with Crippen LogP contribution in [0, 0.1) is 0 Å². The van der Waals surface area contributed by atoms with Gasteiger partial charge in [-0.1, -0.05) is 11.6 Å². The Balaban J connectivity index is 2.69. The lowest BCUT2D eigenvalue weighted by atomic mass is 10.1. The molecular formula is C15H20N2O4S. The smallest absolute Gasteiger partial charge is 0.330 e. The summed E-state index contributed by atoms with van der Waals surface area (Å²) in [6.45, 7) is 5.25. The normalized spacial score (nSPS) is 11.3. The molecule has 2 N–H and O–H groups in total. The van der Waals surface area contributed by atoms with Crippen LogP contribution < -0.4 is 10.6 Å². The minimum Gasteiger partial charge on any atom is -0.467 e. The van der Waals surface area contributed by atoms with Gasteiger partial charge in [-0.2, -0.15) is 0 Å². The van der Waals surface area contributed by atoms with Crippen molar-refractivity contribution in [2.75, 3.05) is 13.7 Å². The highest BCUT2D eigenvalue weighted by Gasteiger charge is 2.23. The number of thiophene rings is 1. The molecule has 0 radical (unpaired) electrons. The van der Waals surface area contributed by atoms with Crippen LogP contribution in [0.2, 0.25) is 0 Å². The predicted octanol–water partition coefficient (Wildman–Crippen LogP) is 1.49. The SMILES string of the molecule is COC(=O)C(CNC(=O)c1cccs1)NC(=O)C(C)=C(C)C. The van der Waals surface area contributed by atoms with E-state index in [1.165, 1.54) is 18.4 Å². The Labute approximate surface area is 133 Å². The highest BCUT2D eigenvalue weighted by molar-refractivity contribution is 7.12. The lowest BCUT2D eigenvalue weighted by Crippen LogP contribution is -2.49. The van der Waals surface area contributed by atoms with Crippen LogP contribution in [0.1, 0.15) is 30.4 Å². The van der Waals surface area contributed by atoms with E-state index in [-0.39, 0.29) is 18.4 Å². The molecule has 0 spiro atoms. The van der Waals surface area contributed by atoms with E-state index in [4.69, 9.17) is 0 Å². The van der Waals surface area contributed by atoms with Gasteiger partial charge in [0.25, 0.3) is 5.91 Å². The summed E-state index contributed by atoms with van der Waals surface area (Å²) in [5, 5.41) is 6.96. The summed E-state index contributed by atoms with van der Waals surface area (Å²) < 4.78 is 4.66. The number of hydrogen-bond donors (Lipinski definition) is 2. The molecule has 0 saturated heterocycles. The molecule has 0 aliphatic rings. The quantitative estimate of drug-likeness (QED) is 0.613. The van der Waals surface area contributed by atoms with E-state index in [2.05, 4.69) is 15.4 Å². The predicted molar refractivity (Wildman–Crippen MR) is 84.6 cm³/mol. The molecule has 1 aromatic rings. The number of hydrogen-bond acceptors (Lipinski definition) is 5. The summed E-state index contributed by atoms with van der Waals surface area (Å²) in [6.07, 6.45) is 0. The molecule has 6 nitrogen and oxygen atoms in total. The minimum atomic E-state index is -0.935. The first kappa shape index (κ1) is 17.9. The molecule has 7 heteroatoms. The van der Waals surface area contributed by atoms with Crippen LogP contribution >= 0.6 is 11.3 Å². The topological polar surface area (TPSA) is 84.5 Å². The number of rotatable bonds is 6. The van der Waals surface area contributed by atoms with Crippen molar-refractivity contribution in [1.82, 2.24) is 10.6 Å². The molecule has 1 aromatic heterocycles. The van der Waals surface area contributed by atoms with E-state index < -0.39 is 12.0 Å². The minimum absolute atomic E-state index is 0.0365. The number of nitrogens with one attached hydrogen (secondary N) is 2. The number of esters is 1. The second-order valence-electron chi connectivity index (χ2n) is 4.86. The van der Waals surface area contributed by atoms with E-state index in [0.29, 0.717) is 10.5 Å². The highest BCUT2D eigenvalue weighted by atomic mass is 32.1. The summed E-state index contributed by atoms with van der Waals surface area (Å²) >= 11 is 1.30. The number of carbonyl (C=O) groups excluding carboxylic acids is 3. The molecule has 22 heavy (non-hydrogen) atoms. The fourth-order valence-electron chi connectivity index (χ4n) is 1.52. The molecule has 0 fully saturated rings. The van der Waals surface area contributed by atoms with Crippen LogP contribution in [0.3, 0.4) is 0 Å². The second-order valence-corrected chi connectivity index (χ2v) is 5.81. The van der Waals surface area contributed by atoms with Crippen molar-refractivity contribution < 1.29 is 19.1 Å². The molecule has 1 heterocycles. The number of methoxy groups -OCH3 is 1. The second kappa shape index (κ2) is 8.33. The average molecular weight is 324 g/mol. The van der Waals surface area contributed by atoms with Crippen molar-refractivity contribution >= 4 is 29.1 Å². The molecule has 0 aliphatic heterocycles. The molecule has 1 rings (SSSR count). The zero-order chi connectivity index (χ0) is 16.7. The van der Waals surface area contributed by atoms with Crippen LogP contribution in [-0.2, 0) is 14.3 Å². The van der Waals surface area contributed by atoms with Crippen molar-refractivity contribution in [3.63, 3.8) is 0 Å². The van der Waals surface area contributed by atoms with Gasteiger partial charge in [-0.25, -0.2) is 4.79 Å². The zero-order valence-electron chi connectivity index (χ0n) is 13.1. The molecule has 0 saturated carbocycles. The van der Waals surface area contributed by atoms with Gasteiger partial charge in [0.2, 0.25) is 5.91 Å². The van der Waals surface area contributed by atoms with Crippen LogP contribution in [-0.4, -0.2) is 37.5 Å². The van der Waals surface area contributed by atoms with E-state index >= 15 is 0 Å². The third-order valence-electron chi connectivity index (χ3n) is 3.09. The van der Waals surface area contributed by atoms with Crippen molar-refractivity contribution in [3.8, 4) is 0 Å². The molecule has 120 valence electrons. The summed E-state index contributed by atoms with van der Waals surface area (Å²) in [6, 6.07) is 2.51. The van der Waals surface area contributed by atoms with Gasteiger partial charge in [0, 0.05) is 12.1 Å². The van der Waals surface area contributed by atoms with Gasteiger partial charge in [-0.05, 0) is 32.2 Å². The number of allylic oxidation sites excluding steroid dienone is 1. The third-order valence-corrected chi connectivity index (χ3v) is 3.96. The van der Waals surface area contributed by atoms with E-state index in [0.717, 1.165) is 5.57 Å². The van der Waals surface area contributed by atoms with Gasteiger partial charge in [-0.15, -0.1) is 11.3 Å². The van der Waals surface area contributed by atoms with Crippen LogP contribution in [0.5, 0.6) is 0 Å². The summed E-state index contributed by atoms with van der Waals surface area (Å²) in [5.41, 5.74) is 1.38. The Hall–Kier alpha value is -2.15. The van der Waals surface area contributed by atoms with Gasteiger partial charge in [-0.3, -0.25) is 9.59 Å². The fourth-order valence-corrected chi connectivity index (χ4v) is 2.16. The molecule has 1 atom stereocenters. The van der Waals surface area contributed by atoms with Crippen molar-refractivity contribution in [3.05, 3.63) is 33.5 Å².